The normalized spacial score (nSPS) is 10.7. The number of non-ortho nitro benzene ring substituents is 1. The molecule has 0 aliphatic carbocycles. The highest BCUT2D eigenvalue weighted by Crippen LogP contribution is 2.30. The van der Waals surface area contributed by atoms with Gasteiger partial charge in [0, 0.05) is 43.0 Å². The summed E-state index contributed by atoms with van der Waals surface area (Å²) >= 11 is 1.11. The van der Waals surface area contributed by atoms with Gasteiger partial charge in [0.1, 0.15) is 5.56 Å². The monoisotopic (exact) mass is 330 g/mol. The van der Waals surface area contributed by atoms with Gasteiger partial charge >= 0.3 is 0 Å². The lowest BCUT2D eigenvalue weighted by Gasteiger charge is -2.04. The molecule has 23 heavy (non-hydrogen) atoms. The van der Waals surface area contributed by atoms with Gasteiger partial charge in [-0.1, -0.05) is 0 Å². The SMILES string of the molecule is Cn1ccc(=O)c(C(=O)Nc2nsc3ccc([N+](=O)[O-])cc23)c1. The van der Waals surface area contributed by atoms with Gasteiger partial charge in [0.15, 0.2) is 11.2 Å². The first kappa shape index (κ1) is 14.9. The Labute approximate surface area is 133 Å². The summed E-state index contributed by atoms with van der Waals surface area (Å²) in [6.45, 7) is 0. The van der Waals surface area contributed by atoms with Crippen LogP contribution >= 0.6 is 11.5 Å². The van der Waals surface area contributed by atoms with E-state index in [1.807, 2.05) is 0 Å². The standard InChI is InChI=1S/C14H10N4O4S/c1-17-5-4-11(19)10(7-17)14(20)15-13-9-6-8(18(21)22)2-3-12(9)23-16-13/h2-7H,1H3,(H,15,16,20). The van der Waals surface area contributed by atoms with Crippen LogP contribution in [0.5, 0.6) is 0 Å². The molecule has 8 nitrogen and oxygen atoms in total. The summed E-state index contributed by atoms with van der Waals surface area (Å²) < 4.78 is 6.38. The Morgan fingerprint density at radius 2 is 2.17 bits per heavy atom. The number of anilines is 1. The lowest BCUT2D eigenvalue weighted by atomic mass is 10.2. The van der Waals surface area contributed by atoms with E-state index < -0.39 is 16.3 Å². The van der Waals surface area contributed by atoms with Crippen molar-refractivity contribution in [2.45, 2.75) is 0 Å². The maximum atomic E-state index is 12.3. The molecule has 0 aliphatic heterocycles. The molecule has 2 aromatic heterocycles. The summed E-state index contributed by atoms with van der Waals surface area (Å²) in [4.78, 5) is 34.4. The largest absolute Gasteiger partial charge is 0.356 e. The molecule has 0 atom stereocenters. The number of aryl methyl sites for hydroxylation is 1. The molecule has 0 aliphatic rings. The van der Waals surface area contributed by atoms with E-state index in [4.69, 9.17) is 0 Å². The van der Waals surface area contributed by atoms with E-state index in [-0.39, 0.29) is 17.1 Å². The van der Waals surface area contributed by atoms with Crippen molar-refractivity contribution in [3.05, 3.63) is 62.6 Å². The number of aromatic nitrogens is 2. The van der Waals surface area contributed by atoms with Crippen molar-refractivity contribution in [3.63, 3.8) is 0 Å². The van der Waals surface area contributed by atoms with Crippen molar-refractivity contribution >= 4 is 39.0 Å². The van der Waals surface area contributed by atoms with E-state index in [1.165, 1.54) is 24.4 Å². The maximum Gasteiger partial charge on any atom is 0.270 e. The van der Waals surface area contributed by atoms with Crippen LogP contribution in [0.15, 0.2) is 41.5 Å². The number of fused-ring (bicyclic) bond motifs is 1. The molecule has 1 aromatic carbocycles. The van der Waals surface area contributed by atoms with Gasteiger partial charge in [-0.05, 0) is 17.6 Å². The molecule has 1 amide bonds. The predicted octanol–water partition coefficient (Wildman–Crippen LogP) is 2.16. The average molecular weight is 330 g/mol. The van der Waals surface area contributed by atoms with Gasteiger partial charge in [0.25, 0.3) is 11.6 Å². The first-order valence-corrected chi connectivity index (χ1v) is 7.24. The number of nitro groups is 1. The third-order valence-corrected chi connectivity index (χ3v) is 4.03. The summed E-state index contributed by atoms with van der Waals surface area (Å²) in [6, 6.07) is 5.58. The van der Waals surface area contributed by atoms with E-state index in [9.17, 15) is 19.7 Å². The fourth-order valence-corrected chi connectivity index (χ4v) is 2.78. The van der Waals surface area contributed by atoms with Crippen LogP contribution in [0.1, 0.15) is 10.4 Å². The van der Waals surface area contributed by atoms with E-state index in [1.54, 1.807) is 23.9 Å². The number of hydrogen-bond donors (Lipinski definition) is 1. The summed E-state index contributed by atoms with van der Waals surface area (Å²) in [7, 11) is 1.69. The van der Waals surface area contributed by atoms with Crippen LogP contribution in [0.2, 0.25) is 0 Å². The zero-order chi connectivity index (χ0) is 16.6. The third kappa shape index (κ3) is 2.81. The van der Waals surface area contributed by atoms with Crippen LogP contribution in [-0.2, 0) is 7.05 Å². The molecule has 3 aromatic rings. The number of benzene rings is 1. The molecule has 0 saturated carbocycles. The van der Waals surface area contributed by atoms with Gasteiger partial charge in [-0.2, -0.15) is 4.37 Å². The fraction of sp³-hybridized carbons (Fsp3) is 0.0714. The van der Waals surface area contributed by atoms with Crippen molar-refractivity contribution in [1.29, 1.82) is 0 Å². The second-order valence-corrected chi connectivity index (χ2v) is 5.62. The molecule has 2 heterocycles. The Hall–Kier alpha value is -3.07. The predicted molar refractivity (Wildman–Crippen MR) is 85.9 cm³/mol. The molecule has 0 saturated heterocycles. The summed E-state index contributed by atoms with van der Waals surface area (Å²) in [5.41, 5.74) is -0.531. The molecular weight excluding hydrogens is 320 g/mol. The topological polar surface area (TPSA) is 107 Å². The minimum absolute atomic E-state index is 0.0263. The van der Waals surface area contributed by atoms with Gasteiger partial charge in [0.05, 0.1) is 9.62 Å². The summed E-state index contributed by atoms with van der Waals surface area (Å²) in [6.07, 6.45) is 2.95. The Bertz CT molecular complexity index is 992. The highest BCUT2D eigenvalue weighted by molar-refractivity contribution is 7.13. The molecular formula is C14H10N4O4S. The van der Waals surface area contributed by atoms with Gasteiger partial charge in [-0.15, -0.1) is 0 Å². The number of nitrogens with zero attached hydrogens (tertiary/aromatic N) is 3. The molecule has 0 bridgehead atoms. The average Bonchev–Trinajstić information content (AvgIpc) is 2.92. The fourth-order valence-electron chi connectivity index (χ4n) is 2.06. The molecule has 3 rings (SSSR count). The first-order valence-electron chi connectivity index (χ1n) is 6.47. The van der Waals surface area contributed by atoms with Crippen molar-refractivity contribution < 1.29 is 9.72 Å². The molecule has 9 heteroatoms. The van der Waals surface area contributed by atoms with Crippen LogP contribution in [-0.4, -0.2) is 19.8 Å². The number of carbonyl (C=O) groups is 1. The summed E-state index contributed by atoms with van der Waals surface area (Å²) in [5, 5.41) is 13.9. The van der Waals surface area contributed by atoms with Crippen molar-refractivity contribution in [2.24, 2.45) is 7.05 Å². The van der Waals surface area contributed by atoms with Gasteiger partial charge in [-0.3, -0.25) is 19.7 Å². The Morgan fingerprint density at radius 1 is 1.39 bits per heavy atom. The number of amides is 1. The number of hydrogen-bond acceptors (Lipinski definition) is 6. The van der Waals surface area contributed by atoms with Crippen LogP contribution in [0.25, 0.3) is 10.1 Å². The van der Waals surface area contributed by atoms with Crippen LogP contribution < -0.4 is 10.7 Å². The number of nitrogens with one attached hydrogen (secondary N) is 1. The Morgan fingerprint density at radius 3 is 2.91 bits per heavy atom. The van der Waals surface area contributed by atoms with Crippen molar-refractivity contribution in [1.82, 2.24) is 8.94 Å². The summed E-state index contributed by atoms with van der Waals surface area (Å²) in [5.74, 6) is -0.408. The van der Waals surface area contributed by atoms with Crippen LogP contribution in [0.3, 0.4) is 0 Å². The number of carbonyl (C=O) groups excluding carboxylic acids is 1. The van der Waals surface area contributed by atoms with Gasteiger partial charge in [0.2, 0.25) is 0 Å². The zero-order valence-electron chi connectivity index (χ0n) is 11.8. The molecule has 0 unspecified atom stereocenters. The van der Waals surface area contributed by atoms with Crippen molar-refractivity contribution in [3.8, 4) is 0 Å². The van der Waals surface area contributed by atoms with Crippen LogP contribution in [0.4, 0.5) is 11.5 Å². The molecule has 116 valence electrons. The first-order chi connectivity index (χ1) is 11.0. The second kappa shape index (κ2) is 5.61. The molecule has 0 radical (unpaired) electrons. The molecule has 1 N–H and O–H groups in total. The van der Waals surface area contributed by atoms with E-state index in [2.05, 4.69) is 9.69 Å². The van der Waals surface area contributed by atoms with E-state index in [0.717, 1.165) is 11.5 Å². The van der Waals surface area contributed by atoms with Gasteiger partial charge < -0.3 is 9.88 Å². The third-order valence-electron chi connectivity index (χ3n) is 3.20. The lowest BCUT2D eigenvalue weighted by Crippen LogP contribution is -2.22. The highest BCUT2D eigenvalue weighted by atomic mass is 32.1. The van der Waals surface area contributed by atoms with Gasteiger partial charge in [-0.25, -0.2) is 0 Å². The Kier molecular flexibility index (Phi) is 3.62. The number of nitro benzene ring substituents is 1. The highest BCUT2D eigenvalue weighted by Gasteiger charge is 2.16. The second-order valence-electron chi connectivity index (χ2n) is 4.81. The molecule has 0 spiro atoms. The number of rotatable bonds is 3. The smallest absolute Gasteiger partial charge is 0.270 e. The zero-order valence-corrected chi connectivity index (χ0v) is 12.7. The Balaban J connectivity index is 1.99. The number of pyridine rings is 1. The lowest BCUT2D eigenvalue weighted by molar-refractivity contribution is -0.384. The minimum atomic E-state index is -0.607. The van der Waals surface area contributed by atoms with E-state index in [0.29, 0.717) is 10.1 Å². The van der Waals surface area contributed by atoms with Crippen molar-refractivity contribution in [2.75, 3.05) is 5.32 Å². The molecule has 0 fully saturated rings. The van der Waals surface area contributed by atoms with E-state index >= 15 is 0 Å². The maximum absolute atomic E-state index is 12.3. The van der Waals surface area contributed by atoms with Crippen LogP contribution in [0, 0.1) is 10.1 Å². The minimum Gasteiger partial charge on any atom is -0.356 e. The quantitative estimate of drug-likeness (QED) is 0.585.